The van der Waals surface area contributed by atoms with Crippen LogP contribution >= 0.6 is 22.6 Å². The highest BCUT2D eigenvalue weighted by molar-refractivity contribution is 14.1. The predicted molar refractivity (Wildman–Crippen MR) is 108 cm³/mol. The van der Waals surface area contributed by atoms with Crippen LogP contribution in [-0.4, -0.2) is 25.3 Å². The molecule has 1 amide bonds. The van der Waals surface area contributed by atoms with Gasteiger partial charge in [-0.1, -0.05) is 6.07 Å². The number of methoxy groups -OCH3 is 1. The monoisotopic (exact) mass is 506 g/mol. The van der Waals surface area contributed by atoms with Crippen LogP contribution < -0.4 is 14.9 Å². The Morgan fingerprint density at radius 3 is 2.57 bits per heavy atom. The second kappa shape index (κ2) is 9.26. The summed E-state index contributed by atoms with van der Waals surface area (Å²) in [4.78, 5) is 12.0. The van der Waals surface area contributed by atoms with Gasteiger partial charge in [-0.2, -0.15) is 18.3 Å². The Morgan fingerprint density at radius 1 is 1.25 bits per heavy atom. The molecular formula is C19H18F3IN2O3. The fraction of sp³-hybridized carbons (Fsp3) is 0.263. The number of rotatable bonds is 6. The lowest BCUT2D eigenvalue weighted by Gasteiger charge is -2.15. The molecule has 9 heteroatoms. The number of halogens is 4. The van der Waals surface area contributed by atoms with E-state index in [1.807, 2.05) is 13.8 Å². The van der Waals surface area contributed by atoms with Gasteiger partial charge < -0.3 is 9.47 Å². The first-order valence-electron chi connectivity index (χ1n) is 8.16. The summed E-state index contributed by atoms with van der Waals surface area (Å²) in [6.45, 7) is 3.79. The molecule has 0 aliphatic rings. The number of nitrogens with one attached hydrogen (secondary N) is 1. The Labute approximate surface area is 174 Å². The zero-order chi connectivity index (χ0) is 20.9. The van der Waals surface area contributed by atoms with E-state index in [0.29, 0.717) is 17.1 Å². The van der Waals surface area contributed by atoms with Crippen molar-refractivity contribution in [3.63, 3.8) is 0 Å². The number of nitrogens with zero attached hydrogens (tertiary/aromatic N) is 1. The fourth-order valence-corrected chi connectivity index (χ4v) is 2.98. The van der Waals surface area contributed by atoms with E-state index in [4.69, 9.17) is 9.47 Å². The van der Waals surface area contributed by atoms with E-state index in [-0.39, 0.29) is 11.7 Å². The van der Waals surface area contributed by atoms with E-state index in [1.165, 1.54) is 25.5 Å². The molecule has 2 aromatic carbocycles. The van der Waals surface area contributed by atoms with E-state index < -0.39 is 17.6 Å². The first kappa shape index (κ1) is 22.0. The van der Waals surface area contributed by atoms with Crippen LogP contribution in [0.25, 0.3) is 0 Å². The minimum atomic E-state index is -4.52. The maximum atomic E-state index is 12.7. The van der Waals surface area contributed by atoms with Gasteiger partial charge in [-0.05, 0) is 72.3 Å². The molecule has 0 bridgehead atoms. The smallest absolute Gasteiger partial charge is 0.416 e. The van der Waals surface area contributed by atoms with Crippen LogP contribution in [0.3, 0.4) is 0 Å². The number of carbonyl (C=O) groups is 1. The van der Waals surface area contributed by atoms with Crippen molar-refractivity contribution >= 4 is 34.7 Å². The van der Waals surface area contributed by atoms with Crippen molar-refractivity contribution in [2.75, 3.05) is 7.11 Å². The van der Waals surface area contributed by atoms with Gasteiger partial charge in [0.25, 0.3) is 5.91 Å². The molecule has 0 radical (unpaired) electrons. The van der Waals surface area contributed by atoms with Crippen molar-refractivity contribution in [3.8, 4) is 11.5 Å². The molecule has 0 spiro atoms. The highest BCUT2D eigenvalue weighted by Gasteiger charge is 2.30. The van der Waals surface area contributed by atoms with Gasteiger partial charge >= 0.3 is 6.18 Å². The van der Waals surface area contributed by atoms with E-state index >= 15 is 0 Å². The lowest BCUT2D eigenvalue weighted by molar-refractivity contribution is -0.137. The quantitative estimate of drug-likeness (QED) is 0.346. The zero-order valence-corrected chi connectivity index (χ0v) is 17.5. The number of ether oxygens (including phenoxy) is 2. The summed E-state index contributed by atoms with van der Waals surface area (Å²) < 4.78 is 50.1. The molecular weight excluding hydrogens is 488 g/mol. The fourth-order valence-electron chi connectivity index (χ4n) is 2.23. The third-order valence-corrected chi connectivity index (χ3v) is 4.24. The maximum absolute atomic E-state index is 12.7. The van der Waals surface area contributed by atoms with Gasteiger partial charge in [0.15, 0.2) is 11.5 Å². The molecule has 5 nitrogen and oxygen atoms in total. The SMILES string of the molecule is COc1cc(/C=N\NC(=O)c2cccc(C(F)(F)F)c2)cc(I)c1OC(C)C. The van der Waals surface area contributed by atoms with Gasteiger partial charge in [0.1, 0.15) is 0 Å². The van der Waals surface area contributed by atoms with Crippen LogP contribution in [0.2, 0.25) is 0 Å². The standard InChI is InChI=1S/C19H18F3IN2O3/c1-11(2)28-17-15(23)7-12(8-16(17)27-3)10-24-25-18(26)13-5-4-6-14(9-13)19(20,21)22/h4-11H,1-3H3,(H,25,26)/b24-10-. The van der Waals surface area contributed by atoms with Gasteiger partial charge in [-0.3, -0.25) is 4.79 Å². The summed E-state index contributed by atoms with van der Waals surface area (Å²) >= 11 is 2.09. The molecule has 0 aromatic heterocycles. The normalized spacial score (nSPS) is 11.7. The molecule has 2 rings (SSSR count). The highest BCUT2D eigenvalue weighted by atomic mass is 127. The molecule has 0 atom stereocenters. The van der Waals surface area contributed by atoms with Crippen LogP contribution in [0.1, 0.15) is 35.3 Å². The summed E-state index contributed by atoms with van der Waals surface area (Å²) in [7, 11) is 1.51. The Kier molecular flexibility index (Phi) is 7.28. The Hall–Kier alpha value is -2.30. The van der Waals surface area contributed by atoms with Crippen LogP contribution in [0.5, 0.6) is 11.5 Å². The highest BCUT2D eigenvalue weighted by Crippen LogP contribution is 2.34. The average molecular weight is 506 g/mol. The van der Waals surface area contributed by atoms with E-state index in [2.05, 4.69) is 33.1 Å². The molecule has 0 heterocycles. The summed E-state index contributed by atoms with van der Waals surface area (Å²) in [5, 5.41) is 3.81. The largest absolute Gasteiger partial charge is 0.493 e. The van der Waals surface area contributed by atoms with Gasteiger partial charge in [0, 0.05) is 5.56 Å². The summed E-state index contributed by atoms with van der Waals surface area (Å²) in [5.74, 6) is 0.360. The van der Waals surface area contributed by atoms with Gasteiger partial charge in [0.05, 0.1) is 28.6 Å². The minimum Gasteiger partial charge on any atom is -0.493 e. The lowest BCUT2D eigenvalue weighted by Crippen LogP contribution is -2.18. The molecule has 2 aromatic rings. The van der Waals surface area contributed by atoms with E-state index in [1.54, 1.807) is 12.1 Å². The van der Waals surface area contributed by atoms with Crippen molar-refractivity contribution < 1.29 is 27.4 Å². The second-order valence-electron chi connectivity index (χ2n) is 5.98. The van der Waals surface area contributed by atoms with Crippen LogP contribution in [-0.2, 0) is 6.18 Å². The number of hydrazone groups is 1. The van der Waals surface area contributed by atoms with Crippen molar-refractivity contribution in [1.82, 2.24) is 5.43 Å². The van der Waals surface area contributed by atoms with Crippen molar-refractivity contribution in [3.05, 3.63) is 56.7 Å². The summed E-state index contributed by atoms with van der Waals surface area (Å²) in [5.41, 5.74) is 1.81. The summed E-state index contributed by atoms with van der Waals surface area (Å²) in [6.07, 6.45) is -3.18. The molecule has 150 valence electrons. The van der Waals surface area contributed by atoms with Crippen LogP contribution in [0.15, 0.2) is 41.5 Å². The Bertz CT molecular complexity index is 883. The second-order valence-corrected chi connectivity index (χ2v) is 7.14. The third kappa shape index (κ3) is 5.85. The lowest BCUT2D eigenvalue weighted by atomic mass is 10.1. The van der Waals surface area contributed by atoms with Crippen LogP contribution in [0, 0.1) is 3.57 Å². The van der Waals surface area contributed by atoms with Crippen molar-refractivity contribution in [2.24, 2.45) is 5.10 Å². The van der Waals surface area contributed by atoms with Crippen molar-refractivity contribution in [1.29, 1.82) is 0 Å². The predicted octanol–water partition coefficient (Wildman–Crippen LogP) is 4.87. The van der Waals surface area contributed by atoms with E-state index in [0.717, 1.165) is 15.7 Å². The van der Waals surface area contributed by atoms with Gasteiger partial charge in [-0.25, -0.2) is 5.43 Å². The van der Waals surface area contributed by atoms with Crippen molar-refractivity contribution in [2.45, 2.75) is 26.1 Å². The number of alkyl halides is 3. The average Bonchev–Trinajstić information content (AvgIpc) is 2.62. The molecule has 1 N–H and O–H groups in total. The first-order chi connectivity index (χ1) is 13.1. The number of hydrogen-bond donors (Lipinski definition) is 1. The minimum absolute atomic E-state index is 0.0336. The number of amides is 1. The summed E-state index contributed by atoms with van der Waals surface area (Å²) in [6, 6.07) is 7.58. The maximum Gasteiger partial charge on any atom is 0.416 e. The number of hydrogen-bond acceptors (Lipinski definition) is 4. The van der Waals surface area contributed by atoms with E-state index in [9.17, 15) is 18.0 Å². The Balaban J connectivity index is 2.14. The molecule has 0 fully saturated rings. The Morgan fingerprint density at radius 2 is 1.96 bits per heavy atom. The number of carbonyl (C=O) groups excluding carboxylic acids is 1. The zero-order valence-electron chi connectivity index (χ0n) is 15.3. The van der Waals surface area contributed by atoms with Gasteiger partial charge in [0.2, 0.25) is 0 Å². The molecule has 0 unspecified atom stereocenters. The van der Waals surface area contributed by atoms with Crippen LogP contribution in [0.4, 0.5) is 13.2 Å². The molecule has 0 saturated carbocycles. The molecule has 0 aliphatic carbocycles. The first-order valence-corrected chi connectivity index (χ1v) is 9.24. The number of benzene rings is 2. The molecule has 0 saturated heterocycles. The topological polar surface area (TPSA) is 59.9 Å². The molecule has 28 heavy (non-hydrogen) atoms. The molecule has 0 aliphatic heterocycles. The third-order valence-electron chi connectivity index (χ3n) is 3.44. The van der Waals surface area contributed by atoms with Gasteiger partial charge in [-0.15, -0.1) is 0 Å².